The van der Waals surface area contributed by atoms with Gasteiger partial charge in [0.15, 0.2) is 11.5 Å². The van der Waals surface area contributed by atoms with Crippen LogP contribution in [0.5, 0.6) is 17.2 Å². The summed E-state index contributed by atoms with van der Waals surface area (Å²) in [5.41, 5.74) is 2.83. The van der Waals surface area contributed by atoms with Crippen molar-refractivity contribution in [2.75, 3.05) is 33.2 Å². The fourth-order valence-corrected chi connectivity index (χ4v) is 5.31. The van der Waals surface area contributed by atoms with Gasteiger partial charge < -0.3 is 24.8 Å². The first-order valence-corrected chi connectivity index (χ1v) is 10.5. The number of hydrogen-bond acceptors (Lipinski definition) is 7. The van der Waals surface area contributed by atoms with Crippen LogP contribution < -0.4 is 24.8 Å². The number of fused-ring (bicyclic) bond motifs is 3. The maximum atomic E-state index is 13.0. The van der Waals surface area contributed by atoms with Gasteiger partial charge in [0.25, 0.3) is 5.91 Å². The van der Waals surface area contributed by atoms with E-state index in [1.807, 2.05) is 12.1 Å². The molecular formula is C21H27N3O4S. The van der Waals surface area contributed by atoms with Crippen LogP contribution in [-0.2, 0) is 13.0 Å². The zero-order chi connectivity index (χ0) is 20.7. The lowest BCUT2D eigenvalue weighted by Crippen LogP contribution is -2.39. The largest absolute Gasteiger partial charge is 0.493 e. The highest BCUT2D eigenvalue weighted by atomic mass is 32.1. The van der Waals surface area contributed by atoms with E-state index >= 15 is 0 Å². The van der Waals surface area contributed by atoms with E-state index in [0.717, 1.165) is 35.6 Å². The van der Waals surface area contributed by atoms with Gasteiger partial charge in [-0.3, -0.25) is 9.69 Å². The summed E-state index contributed by atoms with van der Waals surface area (Å²) in [5, 5.41) is 7.52. The lowest BCUT2D eigenvalue weighted by atomic mass is 9.99. The predicted octanol–water partition coefficient (Wildman–Crippen LogP) is 3.39. The first-order chi connectivity index (χ1) is 14.0. The molecular weight excluding hydrogens is 390 g/mol. The summed E-state index contributed by atoms with van der Waals surface area (Å²) >= 11 is 1.69. The first-order valence-electron chi connectivity index (χ1n) is 9.72. The zero-order valence-electron chi connectivity index (χ0n) is 17.4. The third-order valence-corrected chi connectivity index (χ3v) is 6.76. The molecule has 1 atom stereocenters. The van der Waals surface area contributed by atoms with Gasteiger partial charge in [0.1, 0.15) is 11.2 Å². The lowest BCUT2D eigenvalue weighted by molar-refractivity contribution is 0.0934. The highest BCUT2D eigenvalue weighted by Crippen LogP contribution is 2.44. The van der Waals surface area contributed by atoms with Gasteiger partial charge in [0.05, 0.1) is 26.9 Å². The molecule has 1 aromatic heterocycles. The van der Waals surface area contributed by atoms with E-state index in [4.69, 9.17) is 14.2 Å². The van der Waals surface area contributed by atoms with Crippen LogP contribution in [0.3, 0.4) is 0 Å². The number of amides is 1. The number of rotatable bonds is 5. The highest BCUT2D eigenvalue weighted by Gasteiger charge is 2.34. The monoisotopic (exact) mass is 417 g/mol. The Bertz CT molecular complexity index is 915. The molecule has 3 heterocycles. The molecule has 0 saturated heterocycles. The lowest BCUT2D eigenvalue weighted by Gasteiger charge is -2.31. The van der Waals surface area contributed by atoms with Crippen LogP contribution in [0.25, 0.3) is 0 Å². The van der Waals surface area contributed by atoms with Crippen LogP contribution in [0, 0.1) is 0 Å². The number of nitrogens with one attached hydrogen (secondary N) is 2. The standard InChI is InChI=1S/C21H27N3O4S/c1-11(2)24-7-6-13-16(10-24)29-21-17(13)20(25)22-19(23-21)12-8-14(26-3)18(28-5)15(9-12)27-4/h8-9,11,19,23H,6-7,10H2,1-5H3,(H,22,25)/t19-/m0/s1. The van der Waals surface area contributed by atoms with Crippen molar-refractivity contribution in [3.63, 3.8) is 0 Å². The van der Waals surface area contributed by atoms with Gasteiger partial charge >= 0.3 is 0 Å². The molecule has 1 amide bonds. The quantitative estimate of drug-likeness (QED) is 0.777. The van der Waals surface area contributed by atoms with Crippen molar-refractivity contribution in [3.8, 4) is 17.2 Å². The zero-order valence-corrected chi connectivity index (χ0v) is 18.2. The molecule has 2 aliphatic heterocycles. The smallest absolute Gasteiger partial charge is 0.256 e. The molecule has 0 unspecified atom stereocenters. The summed E-state index contributed by atoms with van der Waals surface area (Å²) in [7, 11) is 4.74. The van der Waals surface area contributed by atoms with Crippen molar-refractivity contribution >= 4 is 22.2 Å². The van der Waals surface area contributed by atoms with E-state index in [9.17, 15) is 4.79 Å². The number of anilines is 1. The van der Waals surface area contributed by atoms with Crippen molar-refractivity contribution in [2.45, 2.75) is 39.0 Å². The van der Waals surface area contributed by atoms with E-state index in [-0.39, 0.29) is 12.1 Å². The summed E-state index contributed by atoms with van der Waals surface area (Å²) in [6, 6.07) is 4.22. The first kappa shape index (κ1) is 19.8. The maximum Gasteiger partial charge on any atom is 0.256 e. The molecule has 156 valence electrons. The third-order valence-electron chi connectivity index (χ3n) is 5.62. The van der Waals surface area contributed by atoms with Gasteiger partial charge in [-0.25, -0.2) is 0 Å². The predicted molar refractivity (Wildman–Crippen MR) is 113 cm³/mol. The van der Waals surface area contributed by atoms with Crippen molar-refractivity contribution in [1.82, 2.24) is 10.2 Å². The van der Waals surface area contributed by atoms with Crippen molar-refractivity contribution in [2.24, 2.45) is 0 Å². The molecule has 8 heteroatoms. The molecule has 0 radical (unpaired) electrons. The van der Waals surface area contributed by atoms with Gasteiger partial charge in [0.2, 0.25) is 5.75 Å². The van der Waals surface area contributed by atoms with Crippen LogP contribution in [0.15, 0.2) is 12.1 Å². The molecule has 1 aromatic carbocycles. The molecule has 0 saturated carbocycles. The van der Waals surface area contributed by atoms with Gasteiger partial charge in [0, 0.05) is 29.6 Å². The number of nitrogens with zero attached hydrogens (tertiary/aromatic N) is 1. The van der Waals surface area contributed by atoms with Crippen LogP contribution in [-0.4, -0.2) is 44.7 Å². The molecule has 2 aliphatic rings. The summed E-state index contributed by atoms with van der Waals surface area (Å²) in [6.45, 7) is 6.31. The van der Waals surface area contributed by atoms with E-state index in [1.165, 1.54) is 10.4 Å². The van der Waals surface area contributed by atoms with Gasteiger partial charge in [-0.2, -0.15) is 0 Å². The Balaban J connectivity index is 1.67. The topological polar surface area (TPSA) is 72.1 Å². The van der Waals surface area contributed by atoms with E-state index in [2.05, 4.69) is 29.4 Å². The minimum absolute atomic E-state index is 0.0343. The SMILES string of the molecule is COc1cc([C@H]2NC(=O)c3c(sc4c3CCN(C(C)C)C4)N2)cc(OC)c1OC. The van der Waals surface area contributed by atoms with Crippen LogP contribution in [0.4, 0.5) is 5.00 Å². The molecule has 7 nitrogen and oxygen atoms in total. The normalized spacial score (nSPS) is 18.6. The number of hydrogen-bond donors (Lipinski definition) is 2. The van der Waals surface area contributed by atoms with Crippen LogP contribution in [0.2, 0.25) is 0 Å². The minimum atomic E-state index is -0.370. The fraction of sp³-hybridized carbons (Fsp3) is 0.476. The molecule has 0 aliphatic carbocycles. The van der Waals surface area contributed by atoms with E-state index < -0.39 is 0 Å². The third kappa shape index (κ3) is 3.40. The second-order valence-electron chi connectivity index (χ2n) is 7.53. The second-order valence-corrected chi connectivity index (χ2v) is 8.64. The van der Waals surface area contributed by atoms with E-state index in [1.54, 1.807) is 32.7 Å². The highest BCUT2D eigenvalue weighted by molar-refractivity contribution is 7.16. The molecule has 4 rings (SSSR count). The Morgan fingerprint density at radius 1 is 1.10 bits per heavy atom. The summed E-state index contributed by atoms with van der Waals surface area (Å²) in [6.07, 6.45) is 0.536. The number of thiophene rings is 1. The number of carbonyl (C=O) groups is 1. The fourth-order valence-electron chi connectivity index (χ4n) is 4.01. The molecule has 0 fully saturated rings. The molecule has 2 N–H and O–H groups in total. The molecule has 2 aromatic rings. The Morgan fingerprint density at radius 2 is 1.79 bits per heavy atom. The van der Waals surface area contributed by atoms with Gasteiger partial charge in [-0.05, 0) is 38.0 Å². The average Bonchev–Trinajstić information content (AvgIpc) is 3.10. The molecule has 29 heavy (non-hydrogen) atoms. The Morgan fingerprint density at radius 3 is 2.38 bits per heavy atom. The van der Waals surface area contributed by atoms with E-state index in [0.29, 0.717) is 23.3 Å². The number of ether oxygens (including phenoxy) is 3. The summed E-state index contributed by atoms with van der Waals surface area (Å²) in [5.74, 6) is 1.61. The van der Waals surface area contributed by atoms with Crippen molar-refractivity contribution < 1.29 is 19.0 Å². The van der Waals surface area contributed by atoms with Gasteiger partial charge in [-0.15, -0.1) is 11.3 Å². The Labute approximate surface area is 174 Å². The Hall–Kier alpha value is -2.45. The minimum Gasteiger partial charge on any atom is -0.493 e. The summed E-state index contributed by atoms with van der Waals surface area (Å²) in [4.78, 5) is 16.7. The number of carbonyl (C=O) groups excluding carboxylic acids is 1. The number of benzene rings is 1. The second kappa shape index (κ2) is 7.76. The average molecular weight is 418 g/mol. The molecule has 0 spiro atoms. The number of methoxy groups -OCH3 is 3. The maximum absolute atomic E-state index is 13.0. The molecule has 0 bridgehead atoms. The van der Waals surface area contributed by atoms with Crippen molar-refractivity contribution in [3.05, 3.63) is 33.7 Å². The summed E-state index contributed by atoms with van der Waals surface area (Å²) < 4.78 is 16.3. The van der Waals surface area contributed by atoms with Crippen molar-refractivity contribution in [1.29, 1.82) is 0 Å². The van der Waals surface area contributed by atoms with Crippen LogP contribution in [0.1, 0.15) is 46.4 Å². The van der Waals surface area contributed by atoms with Gasteiger partial charge in [-0.1, -0.05) is 0 Å². The van der Waals surface area contributed by atoms with Crippen LogP contribution >= 0.6 is 11.3 Å². The Kier molecular flexibility index (Phi) is 5.31.